The van der Waals surface area contributed by atoms with Gasteiger partial charge in [-0.1, -0.05) is 19.1 Å². The number of nitrogens with zero attached hydrogens (tertiary/aromatic N) is 4. The SMILES string of the molecule is CCC(C#N)(CC)C(=O)NCc1nn[nH]n1. The summed E-state index contributed by atoms with van der Waals surface area (Å²) in [5, 5.41) is 24.7. The molecule has 0 aliphatic heterocycles. The molecular formula is C9H14N6O. The lowest BCUT2D eigenvalue weighted by Gasteiger charge is -2.21. The predicted octanol–water partition coefficient (Wildman–Crippen LogP) is 0.146. The molecule has 1 aromatic rings. The third-order valence-corrected chi connectivity index (χ3v) is 2.65. The molecule has 0 spiro atoms. The monoisotopic (exact) mass is 222 g/mol. The molecule has 2 N–H and O–H groups in total. The van der Waals surface area contributed by atoms with Crippen molar-refractivity contribution in [2.24, 2.45) is 5.41 Å². The smallest absolute Gasteiger partial charge is 0.240 e. The first-order valence-electron chi connectivity index (χ1n) is 5.10. The van der Waals surface area contributed by atoms with Crippen LogP contribution in [0.5, 0.6) is 0 Å². The van der Waals surface area contributed by atoms with Crippen molar-refractivity contribution in [3.63, 3.8) is 0 Å². The fourth-order valence-corrected chi connectivity index (χ4v) is 1.37. The van der Waals surface area contributed by atoms with Crippen molar-refractivity contribution in [3.8, 4) is 6.07 Å². The van der Waals surface area contributed by atoms with Crippen molar-refractivity contribution < 1.29 is 4.79 Å². The predicted molar refractivity (Wildman–Crippen MR) is 54.7 cm³/mol. The standard InChI is InChI=1S/C9H14N6O/c1-3-9(4-2,6-10)8(16)11-5-7-12-14-15-13-7/h3-5H2,1-2H3,(H,11,16)(H,12,13,14,15). The van der Waals surface area contributed by atoms with E-state index >= 15 is 0 Å². The van der Waals surface area contributed by atoms with Crippen LogP contribution in [0.15, 0.2) is 0 Å². The second-order valence-corrected chi connectivity index (χ2v) is 3.41. The first-order chi connectivity index (χ1) is 7.68. The summed E-state index contributed by atoms with van der Waals surface area (Å²) in [6.07, 6.45) is 0.968. The van der Waals surface area contributed by atoms with Crippen molar-refractivity contribution in [2.75, 3.05) is 0 Å². The Morgan fingerprint density at radius 3 is 2.69 bits per heavy atom. The molecule has 1 aromatic heterocycles. The van der Waals surface area contributed by atoms with Crippen LogP contribution in [0.25, 0.3) is 0 Å². The van der Waals surface area contributed by atoms with E-state index < -0.39 is 5.41 Å². The van der Waals surface area contributed by atoms with Crippen LogP contribution in [-0.2, 0) is 11.3 Å². The van der Waals surface area contributed by atoms with Gasteiger partial charge in [-0.15, -0.1) is 10.2 Å². The highest BCUT2D eigenvalue weighted by Crippen LogP contribution is 2.25. The van der Waals surface area contributed by atoms with Crippen LogP contribution in [-0.4, -0.2) is 26.5 Å². The van der Waals surface area contributed by atoms with Crippen LogP contribution < -0.4 is 5.32 Å². The third kappa shape index (κ3) is 2.34. The van der Waals surface area contributed by atoms with Gasteiger partial charge in [0.2, 0.25) is 5.91 Å². The molecule has 16 heavy (non-hydrogen) atoms. The molecule has 0 atom stereocenters. The molecule has 0 aromatic carbocycles. The molecule has 1 heterocycles. The van der Waals surface area contributed by atoms with Gasteiger partial charge in [-0.05, 0) is 12.8 Å². The van der Waals surface area contributed by atoms with Gasteiger partial charge in [-0.2, -0.15) is 10.5 Å². The summed E-state index contributed by atoms with van der Waals surface area (Å²) in [4.78, 5) is 11.8. The number of H-pyrrole nitrogens is 1. The zero-order chi connectivity index (χ0) is 12.0. The van der Waals surface area contributed by atoms with Gasteiger partial charge in [-0.25, -0.2) is 0 Å². The highest BCUT2D eigenvalue weighted by molar-refractivity contribution is 5.85. The molecule has 0 bridgehead atoms. The molecule has 0 unspecified atom stereocenters. The quantitative estimate of drug-likeness (QED) is 0.737. The lowest BCUT2D eigenvalue weighted by Crippen LogP contribution is -2.39. The average molecular weight is 222 g/mol. The number of aromatic amines is 1. The van der Waals surface area contributed by atoms with Gasteiger partial charge in [0, 0.05) is 0 Å². The van der Waals surface area contributed by atoms with E-state index in [9.17, 15) is 4.79 Å². The van der Waals surface area contributed by atoms with Crippen LogP contribution in [0.3, 0.4) is 0 Å². The van der Waals surface area contributed by atoms with Crippen molar-refractivity contribution in [2.45, 2.75) is 33.2 Å². The summed E-state index contributed by atoms with van der Waals surface area (Å²) in [6.45, 7) is 3.82. The number of nitriles is 1. The van der Waals surface area contributed by atoms with Crippen LogP contribution in [0.2, 0.25) is 0 Å². The molecule has 0 fully saturated rings. The minimum atomic E-state index is -0.955. The highest BCUT2D eigenvalue weighted by atomic mass is 16.2. The number of rotatable bonds is 5. The fraction of sp³-hybridized carbons (Fsp3) is 0.667. The Kier molecular flexibility index (Phi) is 3.94. The molecule has 1 amide bonds. The topological polar surface area (TPSA) is 107 Å². The second kappa shape index (κ2) is 5.21. The number of hydrogen-bond acceptors (Lipinski definition) is 5. The Hall–Kier alpha value is -1.97. The number of carbonyl (C=O) groups is 1. The Morgan fingerprint density at radius 1 is 1.56 bits per heavy atom. The molecule has 0 aliphatic carbocycles. The molecule has 0 saturated carbocycles. The fourth-order valence-electron chi connectivity index (χ4n) is 1.37. The molecule has 0 aliphatic rings. The van der Waals surface area contributed by atoms with Gasteiger partial charge in [-0.3, -0.25) is 4.79 Å². The first kappa shape index (κ1) is 12.1. The Balaban J connectivity index is 2.61. The van der Waals surface area contributed by atoms with Gasteiger partial charge in [0.1, 0.15) is 5.41 Å². The summed E-state index contributed by atoms with van der Waals surface area (Å²) in [6, 6.07) is 2.07. The molecule has 86 valence electrons. The lowest BCUT2D eigenvalue weighted by molar-refractivity contribution is -0.128. The summed E-state index contributed by atoms with van der Waals surface area (Å²) in [5.74, 6) is 0.109. The molecule has 0 saturated heterocycles. The Morgan fingerprint density at radius 2 is 2.25 bits per heavy atom. The number of amides is 1. The van der Waals surface area contributed by atoms with E-state index in [4.69, 9.17) is 5.26 Å². The lowest BCUT2D eigenvalue weighted by atomic mass is 9.83. The Bertz CT molecular complexity index is 375. The van der Waals surface area contributed by atoms with E-state index in [1.165, 1.54) is 0 Å². The number of tetrazole rings is 1. The Labute approximate surface area is 93.2 Å². The van der Waals surface area contributed by atoms with Gasteiger partial charge in [0.05, 0.1) is 12.6 Å². The number of hydrogen-bond donors (Lipinski definition) is 2. The zero-order valence-electron chi connectivity index (χ0n) is 9.32. The van der Waals surface area contributed by atoms with Crippen LogP contribution in [0.4, 0.5) is 0 Å². The first-order valence-corrected chi connectivity index (χ1v) is 5.10. The van der Waals surface area contributed by atoms with Gasteiger partial charge >= 0.3 is 0 Å². The minimum Gasteiger partial charge on any atom is -0.347 e. The van der Waals surface area contributed by atoms with E-state index in [1.54, 1.807) is 0 Å². The maximum Gasteiger partial charge on any atom is 0.240 e. The van der Waals surface area contributed by atoms with Gasteiger partial charge in [0.25, 0.3) is 0 Å². The van der Waals surface area contributed by atoms with E-state index in [-0.39, 0.29) is 12.5 Å². The van der Waals surface area contributed by atoms with Gasteiger partial charge < -0.3 is 5.32 Å². The van der Waals surface area contributed by atoms with Crippen molar-refractivity contribution in [1.29, 1.82) is 5.26 Å². The van der Waals surface area contributed by atoms with Gasteiger partial charge in [0.15, 0.2) is 5.82 Å². The maximum absolute atomic E-state index is 11.8. The number of aromatic nitrogens is 4. The van der Waals surface area contributed by atoms with E-state index in [0.29, 0.717) is 18.7 Å². The molecule has 7 nitrogen and oxygen atoms in total. The van der Waals surface area contributed by atoms with E-state index in [1.807, 2.05) is 13.8 Å². The number of nitrogens with one attached hydrogen (secondary N) is 2. The van der Waals surface area contributed by atoms with E-state index in [0.717, 1.165) is 0 Å². The summed E-state index contributed by atoms with van der Waals surface area (Å²) < 4.78 is 0. The zero-order valence-corrected chi connectivity index (χ0v) is 9.32. The largest absolute Gasteiger partial charge is 0.347 e. The van der Waals surface area contributed by atoms with Crippen LogP contribution in [0.1, 0.15) is 32.5 Å². The van der Waals surface area contributed by atoms with Crippen LogP contribution in [0, 0.1) is 16.7 Å². The maximum atomic E-state index is 11.8. The third-order valence-electron chi connectivity index (χ3n) is 2.65. The molecule has 0 radical (unpaired) electrons. The van der Waals surface area contributed by atoms with Crippen molar-refractivity contribution in [3.05, 3.63) is 5.82 Å². The second-order valence-electron chi connectivity index (χ2n) is 3.41. The van der Waals surface area contributed by atoms with E-state index in [2.05, 4.69) is 32.0 Å². The summed E-state index contributed by atoms with van der Waals surface area (Å²) >= 11 is 0. The summed E-state index contributed by atoms with van der Waals surface area (Å²) in [7, 11) is 0. The normalized spacial score (nSPS) is 10.8. The molecular weight excluding hydrogens is 208 g/mol. The molecule has 1 rings (SSSR count). The van der Waals surface area contributed by atoms with Crippen molar-refractivity contribution >= 4 is 5.91 Å². The highest BCUT2D eigenvalue weighted by Gasteiger charge is 2.34. The average Bonchev–Trinajstić information content (AvgIpc) is 2.82. The minimum absolute atomic E-state index is 0.179. The molecule has 7 heteroatoms. The summed E-state index contributed by atoms with van der Waals surface area (Å²) in [5.41, 5.74) is -0.955. The number of carbonyl (C=O) groups excluding carboxylic acids is 1. The van der Waals surface area contributed by atoms with Crippen LogP contribution >= 0.6 is 0 Å². The van der Waals surface area contributed by atoms with Crippen molar-refractivity contribution in [1.82, 2.24) is 25.9 Å².